The highest BCUT2D eigenvalue weighted by atomic mass is 16.5. The van der Waals surface area contributed by atoms with Crippen LogP contribution in [0.25, 0.3) is 0 Å². The van der Waals surface area contributed by atoms with Crippen LogP contribution in [0, 0.1) is 5.92 Å². The molecule has 1 unspecified atom stereocenters. The summed E-state index contributed by atoms with van der Waals surface area (Å²) in [5, 5.41) is 0. The van der Waals surface area contributed by atoms with E-state index >= 15 is 0 Å². The molecule has 0 fully saturated rings. The molecule has 0 saturated carbocycles. The van der Waals surface area contributed by atoms with Gasteiger partial charge >= 0.3 is 11.9 Å². The summed E-state index contributed by atoms with van der Waals surface area (Å²) >= 11 is 0. The molecule has 1 atom stereocenters. The number of carbonyl (C=O) groups excluding carboxylic acids is 2. The number of hydrogen-bond acceptors (Lipinski definition) is 5. The SMILES string of the molecule is C=C(C)C(=O)OCCN(C)C.C=CC(=O)OCC(CC)CCCC. The number of rotatable bonds is 11. The predicted molar refractivity (Wildman–Crippen MR) is 98.8 cm³/mol. The Morgan fingerprint density at radius 2 is 1.83 bits per heavy atom. The van der Waals surface area contributed by atoms with Crippen LogP contribution in [0.1, 0.15) is 46.5 Å². The monoisotopic (exact) mass is 341 g/mol. The Labute approximate surface area is 147 Å². The normalized spacial score (nSPS) is 11.1. The van der Waals surface area contributed by atoms with Crippen molar-refractivity contribution in [2.24, 2.45) is 5.92 Å². The zero-order valence-electron chi connectivity index (χ0n) is 16.1. The zero-order valence-corrected chi connectivity index (χ0v) is 16.1. The Kier molecular flexibility index (Phi) is 16.7. The smallest absolute Gasteiger partial charge is 0.333 e. The van der Waals surface area contributed by atoms with Gasteiger partial charge in [0.25, 0.3) is 0 Å². The van der Waals surface area contributed by atoms with Crippen LogP contribution in [-0.4, -0.2) is 50.7 Å². The van der Waals surface area contributed by atoms with E-state index in [4.69, 9.17) is 9.47 Å². The lowest BCUT2D eigenvalue weighted by molar-refractivity contribution is -0.140. The van der Waals surface area contributed by atoms with Crippen LogP contribution in [0.15, 0.2) is 24.8 Å². The molecule has 0 aromatic carbocycles. The zero-order chi connectivity index (χ0) is 19.0. The average Bonchev–Trinajstić information content (AvgIpc) is 2.54. The summed E-state index contributed by atoms with van der Waals surface area (Å²) in [6.07, 6.45) is 5.85. The summed E-state index contributed by atoms with van der Waals surface area (Å²) in [6.45, 7) is 14.5. The molecule has 0 rings (SSSR count). The highest BCUT2D eigenvalue weighted by Gasteiger charge is 2.07. The lowest BCUT2D eigenvalue weighted by atomic mass is 10.0. The molecule has 0 aromatic heterocycles. The lowest BCUT2D eigenvalue weighted by Crippen LogP contribution is -2.20. The van der Waals surface area contributed by atoms with E-state index in [1.54, 1.807) is 6.92 Å². The van der Waals surface area contributed by atoms with E-state index < -0.39 is 0 Å². The Bertz CT molecular complexity index is 378. The van der Waals surface area contributed by atoms with Crippen molar-refractivity contribution in [1.29, 1.82) is 0 Å². The first-order chi connectivity index (χ1) is 11.3. The molecule has 140 valence electrons. The largest absolute Gasteiger partial charge is 0.462 e. The standard InChI is InChI=1S/C11H20O2.C8H15NO2/c1-4-7-8-10(5-2)9-13-11(12)6-3;1-7(2)8(10)11-6-5-9(3)4/h6,10H,3-5,7-9H2,1-2H3;1,5-6H2,2-4H3. The van der Waals surface area contributed by atoms with Crippen molar-refractivity contribution in [3.05, 3.63) is 24.8 Å². The molecule has 0 amide bonds. The molecule has 0 radical (unpaired) electrons. The molecule has 0 aromatic rings. The molecule has 0 spiro atoms. The predicted octanol–water partition coefficient (Wildman–Crippen LogP) is 3.60. The summed E-state index contributed by atoms with van der Waals surface area (Å²) in [5.41, 5.74) is 0.448. The number of nitrogens with zero attached hydrogens (tertiary/aromatic N) is 1. The molecule has 5 nitrogen and oxygen atoms in total. The van der Waals surface area contributed by atoms with Gasteiger partial charge in [-0.3, -0.25) is 0 Å². The minimum absolute atomic E-state index is 0.310. The fourth-order valence-electron chi connectivity index (χ4n) is 1.60. The fraction of sp³-hybridized carbons (Fsp3) is 0.684. The van der Waals surface area contributed by atoms with E-state index in [1.165, 1.54) is 18.9 Å². The molecular formula is C19H35NO4. The van der Waals surface area contributed by atoms with Gasteiger partial charge in [-0.1, -0.05) is 46.3 Å². The lowest BCUT2D eigenvalue weighted by Gasteiger charge is -2.13. The fourth-order valence-corrected chi connectivity index (χ4v) is 1.60. The number of likely N-dealkylation sites (N-methyl/N-ethyl adjacent to an activating group) is 1. The van der Waals surface area contributed by atoms with Crippen molar-refractivity contribution in [1.82, 2.24) is 4.90 Å². The van der Waals surface area contributed by atoms with Crippen molar-refractivity contribution in [2.75, 3.05) is 33.9 Å². The van der Waals surface area contributed by atoms with Gasteiger partial charge in [0.2, 0.25) is 0 Å². The molecule has 0 aliphatic rings. The Hall–Kier alpha value is -1.62. The summed E-state index contributed by atoms with van der Waals surface area (Å²) in [4.78, 5) is 23.5. The molecule has 0 aliphatic heterocycles. The summed E-state index contributed by atoms with van der Waals surface area (Å²) in [5.74, 6) is -0.106. The van der Waals surface area contributed by atoms with Crippen molar-refractivity contribution in [3.8, 4) is 0 Å². The van der Waals surface area contributed by atoms with Crippen molar-refractivity contribution >= 4 is 11.9 Å². The van der Waals surface area contributed by atoms with Gasteiger partial charge in [-0.05, 0) is 33.4 Å². The van der Waals surface area contributed by atoms with Gasteiger partial charge in [0, 0.05) is 18.2 Å². The third kappa shape index (κ3) is 16.7. The van der Waals surface area contributed by atoms with Crippen molar-refractivity contribution in [3.63, 3.8) is 0 Å². The molecule has 24 heavy (non-hydrogen) atoms. The van der Waals surface area contributed by atoms with E-state index in [9.17, 15) is 9.59 Å². The summed E-state index contributed by atoms with van der Waals surface area (Å²) in [7, 11) is 3.85. The Morgan fingerprint density at radius 3 is 2.25 bits per heavy atom. The Morgan fingerprint density at radius 1 is 1.21 bits per heavy atom. The van der Waals surface area contributed by atoms with E-state index in [1.807, 2.05) is 19.0 Å². The van der Waals surface area contributed by atoms with Gasteiger partial charge in [0.15, 0.2) is 0 Å². The number of hydrogen-bond donors (Lipinski definition) is 0. The molecule has 0 aliphatic carbocycles. The second-order valence-electron chi connectivity index (χ2n) is 5.97. The number of esters is 2. The van der Waals surface area contributed by atoms with Gasteiger partial charge in [-0.25, -0.2) is 9.59 Å². The maximum Gasteiger partial charge on any atom is 0.333 e. The van der Waals surface area contributed by atoms with E-state index in [-0.39, 0.29) is 11.9 Å². The van der Waals surface area contributed by atoms with Crippen molar-refractivity contribution in [2.45, 2.75) is 46.5 Å². The summed E-state index contributed by atoms with van der Waals surface area (Å²) < 4.78 is 9.82. The first kappa shape index (κ1) is 24.6. The Balaban J connectivity index is 0. The van der Waals surface area contributed by atoms with Crippen LogP contribution in [0.3, 0.4) is 0 Å². The molecule has 0 saturated heterocycles. The third-order valence-corrected chi connectivity index (χ3v) is 3.29. The van der Waals surface area contributed by atoms with Gasteiger partial charge in [-0.2, -0.15) is 0 Å². The summed E-state index contributed by atoms with van der Waals surface area (Å²) in [6, 6.07) is 0. The molecule has 5 heteroatoms. The van der Waals surface area contributed by atoms with Crippen LogP contribution >= 0.6 is 0 Å². The van der Waals surface area contributed by atoms with Crippen LogP contribution in [0.4, 0.5) is 0 Å². The molecular weight excluding hydrogens is 306 g/mol. The van der Waals surface area contributed by atoms with Crippen LogP contribution in [-0.2, 0) is 19.1 Å². The van der Waals surface area contributed by atoms with E-state index in [2.05, 4.69) is 27.0 Å². The first-order valence-corrected chi connectivity index (χ1v) is 8.54. The minimum atomic E-state index is -0.313. The van der Waals surface area contributed by atoms with E-state index in [0.29, 0.717) is 24.7 Å². The highest BCUT2D eigenvalue weighted by Crippen LogP contribution is 2.12. The first-order valence-electron chi connectivity index (χ1n) is 8.54. The highest BCUT2D eigenvalue weighted by molar-refractivity contribution is 5.86. The quantitative estimate of drug-likeness (QED) is 0.424. The number of carbonyl (C=O) groups is 2. The van der Waals surface area contributed by atoms with Crippen LogP contribution in [0.5, 0.6) is 0 Å². The van der Waals surface area contributed by atoms with Gasteiger partial charge < -0.3 is 14.4 Å². The maximum atomic E-state index is 10.8. The van der Waals surface area contributed by atoms with Gasteiger partial charge in [-0.15, -0.1) is 0 Å². The topological polar surface area (TPSA) is 55.8 Å². The number of unbranched alkanes of at least 4 members (excludes halogenated alkanes) is 1. The van der Waals surface area contributed by atoms with Crippen LogP contribution < -0.4 is 0 Å². The molecule has 0 N–H and O–H groups in total. The van der Waals surface area contributed by atoms with Gasteiger partial charge in [0.1, 0.15) is 6.61 Å². The maximum absolute atomic E-state index is 10.8. The van der Waals surface area contributed by atoms with Crippen molar-refractivity contribution < 1.29 is 19.1 Å². The van der Waals surface area contributed by atoms with Gasteiger partial charge in [0.05, 0.1) is 6.61 Å². The van der Waals surface area contributed by atoms with Crippen LogP contribution in [0.2, 0.25) is 0 Å². The number of ether oxygens (including phenoxy) is 2. The second kappa shape index (κ2) is 16.2. The molecule has 0 heterocycles. The minimum Gasteiger partial charge on any atom is -0.462 e. The third-order valence-electron chi connectivity index (χ3n) is 3.29. The average molecular weight is 341 g/mol. The van der Waals surface area contributed by atoms with E-state index in [0.717, 1.165) is 19.4 Å². The second-order valence-corrected chi connectivity index (χ2v) is 5.97. The molecule has 0 bridgehead atoms.